The molecule has 0 aromatic heterocycles. The zero-order chi connectivity index (χ0) is 23.2. The number of nitrogens with one attached hydrogen (secondary N) is 2. The molecule has 0 fully saturated rings. The molecule has 1 atom stereocenters. The molecule has 2 aromatic rings. The number of sulfonamides is 1. The number of ether oxygens (including phenoxy) is 2. The van der Waals surface area contributed by atoms with Gasteiger partial charge in [0.1, 0.15) is 5.75 Å². The van der Waals surface area contributed by atoms with Gasteiger partial charge in [0.2, 0.25) is 10.0 Å². The van der Waals surface area contributed by atoms with Gasteiger partial charge in [0.25, 0.3) is 5.91 Å². The van der Waals surface area contributed by atoms with E-state index >= 15 is 0 Å². The summed E-state index contributed by atoms with van der Waals surface area (Å²) in [5.74, 6) is -2.13. The van der Waals surface area contributed by atoms with Gasteiger partial charge in [-0.3, -0.25) is 4.79 Å². The van der Waals surface area contributed by atoms with Crippen LogP contribution < -0.4 is 14.8 Å². The van der Waals surface area contributed by atoms with Crippen LogP contribution in [0.15, 0.2) is 53.4 Å². The van der Waals surface area contributed by atoms with Crippen molar-refractivity contribution < 1.29 is 40.7 Å². The van der Waals surface area contributed by atoms with Gasteiger partial charge in [-0.2, -0.15) is 0 Å². The van der Waals surface area contributed by atoms with E-state index in [4.69, 9.17) is 4.74 Å². The second-order valence-corrected chi connectivity index (χ2v) is 7.91. The summed E-state index contributed by atoms with van der Waals surface area (Å²) in [4.78, 5) is 24.3. The van der Waals surface area contributed by atoms with E-state index in [1.807, 2.05) is 0 Å². The molecule has 1 amide bonds. The van der Waals surface area contributed by atoms with Crippen LogP contribution in [-0.4, -0.2) is 39.3 Å². The maximum absolute atomic E-state index is 12.3. The molecule has 0 aliphatic rings. The second kappa shape index (κ2) is 9.79. The maximum atomic E-state index is 12.3. The minimum absolute atomic E-state index is 0.0766. The number of alkyl halides is 3. The number of carbonyl (C=O) groups is 2. The van der Waals surface area contributed by atoms with E-state index in [1.165, 1.54) is 37.3 Å². The Hall–Kier alpha value is -3.12. The average molecular weight is 460 g/mol. The van der Waals surface area contributed by atoms with Crippen molar-refractivity contribution in [3.8, 4) is 5.75 Å². The van der Waals surface area contributed by atoms with E-state index in [1.54, 1.807) is 6.92 Å². The number of hydrogen-bond acceptors (Lipinski definition) is 6. The van der Waals surface area contributed by atoms with Crippen LogP contribution in [0.2, 0.25) is 0 Å². The van der Waals surface area contributed by atoms with E-state index in [-0.39, 0.29) is 22.7 Å². The number of benzene rings is 2. The van der Waals surface area contributed by atoms with Crippen molar-refractivity contribution in [3.05, 3.63) is 54.1 Å². The fraction of sp³-hybridized carbons (Fsp3) is 0.263. The number of rotatable bonds is 8. The molecule has 168 valence electrons. The molecule has 12 heteroatoms. The van der Waals surface area contributed by atoms with Crippen LogP contribution in [0, 0.1) is 0 Å². The molecule has 0 saturated carbocycles. The molecule has 8 nitrogen and oxygen atoms in total. The van der Waals surface area contributed by atoms with Crippen LogP contribution in [0.4, 0.5) is 18.9 Å². The van der Waals surface area contributed by atoms with Gasteiger partial charge in [0, 0.05) is 12.2 Å². The molecule has 2 N–H and O–H groups in total. The first-order valence-corrected chi connectivity index (χ1v) is 10.4. The number of carbonyl (C=O) groups excluding carboxylic acids is 2. The van der Waals surface area contributed by atoms with Crippen molar-refractivity contribution in [1.29, 1.82) is 0 Å². The Morgan fingerprint density at radius 1 is 1.10 bits per heavy atom. The number of hydrogen-bond donors (Lipinski definition) is 2. The van der Waals surface area contributed by atoms with E-state index in [0.29, 0.717) is 0 Å². The Kier molecular flexibility index (Phi) is 7.63. The Morgan fingerprint density at radius 3 is 2.32 bits per heavy atom. The van der Waals surface area contributed by atoms with Crippen LogP contribution in [0.3, 0.4) is 0 Å². The summed E-state index contributed by atoms with van der Waals surface area (Å²) in [6.45, 7) is 3.05. The van der Waals surface area contributed by atoms with Crippen LogP contribution in [0.25, 0.3) is 0 Å². The Labute approximate surface area is 176 Å². The van der Waals surface area contributed by atoms with Crippen LogP contribution >= 0.6 is 0 Å². The van der Waals surface area contributed by atoms with Gasteiger partial charge in [-0.05, 0) is 49.4 Å². The first kappa shape index (κ1) is 24.2. The molecule has 0 heterocycles. The molecule has 1 unspecified atom stereocenters. The minimum atomic E-state index is -4.84. The second-order valence-electron chi connectivity index (χ2n) is 6.14. The number of esters is 1. The Balaban J connectivity index is 2.01. The highest BCUT2D eigenvalue weighted by molar-refractivity contribution is 7.89. The van der Waals surface area contributed by atoms with Crippen LogP contribution in [0.1, 0.15) is 24.2 Å². The van der Waals surface area contributed by atoms with Crippen molar-refractivity contribution in [1.82, 2.24) is 4.72 Å². The monoisotopic (exact) mass is 460 g/mol. The summed E-state index contributed by atoms with van der Waals surface area (Å²) in [7, 11) is -3.78. The lowest BCUT2D eigenvalue weighted by Gasteiger charge is -2.14. The molecule has 31 heavy (non-hydrogen) atoms. The third-order valence-electron chi connectivity index (χ3n) is 3.72. The quantitative estimate of drug-likeness (QED) is 0.586. The standard InChI is InChI=1S/C19H19F3N2O6S/c1-3-23-31(27,28)16-6-4-5-13(11-16)18(26)29-12(2)17(25)24-14-7-9-15(10-8-14)30-19(20,21)22/h4-12,23H,3H2,1-2H3,(H,24,25). The SMILES string of the molecule is CCNS(=O)(=O)c1cccc(C(=O)OC(C)C(=O)Nc2ccc(OC(F)(F)F)cc2)c1. The highest BCUT2D eigenvalue weighted by atomic mass is 32.2. The summed E-state index contributed by atoms with van der Waals surface area (Å²) in [6.07, 6.45) is -6.11. The fourth-order valence-electron chi connectivity index (χ4n) is 2.33. The number of amides is 1. The molecule has 2 aromatic carbocycles. The van der Waals surface area contributed by atoms with Crippen molar-refractivity contribution in [2.75, 3.05) is 11.9 Å². The van der Waals surface area contributed by atoms with Crippen LogP contribution in [-0.2, 0) is 19.6 Å². The topological polar surface area (TPSA) is 111 Å². The molecule has 0 saturated heterocycles. The number of halogens is 3. The molecular formula is C19H19F3N2O6S. The predicted molar refractivity (Wildman–Crippen MR) is 104 cm³/mol. The highest BCUT2D eigenvalue weighted by Gasteiger charge is 2.31. The van der Waals surface area contributed by atoms with Crippen molar-refractivity contribution in [2.45, 2.75) is 31.2 Å². The van der Waals surface area contributed by atoms with E-state index in [9.17, 15) is 31.2 Å². The first-order chi connectivity index (χ1) is 14.4. The predicted octanol–water partition coefficient (Wildman–Crippen LogP) is 3.07. The lowest BCUT2D eigenvalue weighted by Crippen LogP contribution is -2.30. The van der Waals surface area contributed by atoms with Gasteiger partial charge in [-0.25, -0.2) is 17.9 Å². The Morgan fingerprint density at radius 2 is 1.74 bits per heavy atom. The number of anilines is 1. The maximum Gasteiger partial charge on any atom is 0.573 e. The minimum Gasteiger partial charge on any atom is -0.449 e. The highest BCUT2D eigenvalue weighted by Crippen LogP contribution is 2.24. The van der Waals surface area contributed by atoms with Gasteiger partial charge >= 0.3 is 12.3 Å². The van der Waals surface area contributed by atoms with E-state index in [2.05, 4.69) is 14.8 Å². The van der Waals surface area contributed by atoms with Crippen molar-refractivity contribution in [3.63, 3.8) is 0 Å². The smallest absolute Gasteiger partial charge is 0.449 e. The zero-order valence-electron chi connectivity index (χ0n) is 16.4. The third-order valence-corrected chi connectivity index (χ3v) is 5.27. The summed E-state index contributed by atoms with van der Waals surface area (Å²) in [5, 5.41) is 2.38. The van der Waals surface area contributed by atoms with E-state index in [0.717, 1.165) is 18.2 Å². The van der Waals surface area contributed by atoms with Crippen molar-refractivity contribution in [2.24, 2.45) is 0 Å². The van der Waals surface area contributed by atoms with E-state index < -0.39 is 40.1 Å². The lowest BCUT2D eigenvalue weighted by molar-refractivity contribution is -0.274. The molecule has 2 rings (SSSR count). The molecule has 0 bridgehead atoms. The van der Waals surface area contributed by atoms with Gasteiger partial charge in [-0.15, -0.1) is 13.2 Å². The molecule has 0 radical (unpaired) electrons. The summed E-state index contributed by atoms with van der Waals surface area (Å²) >= 11 is 0. The largest absolute Gasteiger partial charge is 0.573 e. The van der Waals surface area contributed by atoms with Gasteiger partial charge in [0.15, 0.2) is 6.10 Å². The zero-order valence-corrected chi connectivity index (χ0v) is 17.2. The third kappa shape index (κ3) is 7.26. The first-order valence-electron chi connectivity index (χ1n) is 8.88. The molecule has 0 aliphatic carbocycles. The summed E-state index contributed by atoms with van der Waals surface area (Å²) < 4.78 is 71.7. The van der Waals surface area contributed by atoms with Gasteiger partial charge in [-0.1, -0.05) is 13.0 Å². The van der Waals surface area contributed by atoms with Gasteiger partial charge < -0.3 is 14.8 Å². The summed E-state index contributed by atoms with van der Waals surface area (Å²) in [5.41, 5.74) is 0.0773. The average Bonchev–Trinajstić information content (AvgIpc) is 2.68. The molecule has 0 spiro atoms. The molecule has 0 aliphatic heterocycles. The summed E-state index contributed by atoms with van der Waals surface area (Å²) in [6, 6.07) is 9.49. The van der Waals surface area contributed by atoms with Crippen molar-refractivity contribution >= 4 is 27.6 Å². The fourth-order valence-corrected chi connectivity index (χ4v) is 3.42. The molecular weight excluding hydrogens is 441 g/mol. The van der Waals surface area contributed by atoms with Crippen LogP contribution in [0.5, 0.6) is 5.75 Å². The van der Waals surface area contributed by atoms with Gasteiger partial charge in [0.05, 0.1) is 10.5 Å². The normalized spacial score (nSPS) is 12.7. The Bertz CT molecular complexity index is 1040. The lowest BCUT2D eigenvalue weighted by atomic mass is 10.2.